The van der Waals surface area contributed by atoms with Crippen LogP contribution in [0.2, 0.25) is 5.02 Å². The third-order valence-corrected chi connectivity index (χ3v) is 4.08. The number of ether oxygens (including phenoxy) is 1. The third kappa shape index (κ3) is 3.87. The van der Waals surface area contributed by atoms with Gasteiger partial charge in [0.05, 0.1) is 12.6 Å². The molecule has 1 aliphatic rings. The molecule has 1 atom stereocenters. The average Bonchev–Trinajstić information content (AvgIpc) is 2.89. The van der Waals surface area contributed by atoms with Gasteiger partial charge in [-0.15, -0.1) is 0 Å². The molecule has 1 N–H and O–H groups in total. The maximum Gasteiger partial charge on any atom is 0.0670 e. The maximum absolute atomic E-state index is 6.41. The van der Waals surface area contributed by atoms with Crippen LogP contribution in [0.15, 0.2) is 18.2 Å². The zero-order chi connectivity index (χ0) is 14.8. The van der Waals surface area contributed by atoms with Gasteiger partial charge in [0.15, 0.2) is 0 Å². The molecule has 2 rings (SSSR count). The Morgan fingerprint density at radius 1 is 1.40 bits per heavy atom. The van der Waals surface area contributed by atoms with Crippen LogP contribution in [0, 0.1) is 0 Å². The van der Waals surface area contributed by atoms with Gasteiger partial charge in [-0.25, -0.2) is 0 Å². The highest BCUT2D eigenvalue weighted by Gasteiger charge is 2.23. The molecule has 20 heavy (non-hydrogen) atoms. The lowest BCUT2D eigenvalue weighted by Crippen LogP contribution is -2.37. The molecular formula is C16H25ClN2O. The van der Waals surface area contributed by atoms with Crippen molar-refractivity contribution < 1.29 is 4.74 Å². The third-order valence-electron chi connectivity index (χ3n) is 3.72. The summed E-state index contributed by atoms with van der Waals surface area (Å²) in [5.74, 6) is 0. The van der Waals surface area contributed by atoms with E-state index in [0.29, 0.717) is 6.04 Å². The van der Waals surface area contributed by atoms with Gasteiger partial charge in [0.2, 0.25) is 0 Å². The van der Waals surface area contributed by atoms with Crippen molar-refractivity contribution in [3.63, 3.8) is 0 Å². The van der Waals surface area contributed by atoms with Crippen LogP contribution in [0.25, 0.3) is 0 Å². The van der Waals surface area contributed by atoms with Gasteiger partial charge in [-0.1, -0.05) is 17.7 Å². The first-order valence-corrected chi connectivity index (χ1v) is 7.59. The van der Waals surface area contributed by atoms with E-state index >= 15 is 0 Å². The number of rotatable bonds is 4. The van der Waals surface area contributed by atoms with E-state index in [2.05, 4.69) is 44.1 Å². The maximum atomic E-state index is 6.41. The van der Waals surface area contributed by atoms with Gasteiger partial charge in [0.25, 0.3) is 0 Å². The van der Waals surface area contributed by atoms with Crippen LogP contribution in [0.5, 0.6) is 0 Å². The smallest absolute Gasteiger partial charge is 0.0670 e. The fraction of sp³-hybridized carbons (Fsp3) is 0.625. The van der Waals surface area contributed by atoms with Gasteiger partial charge in [0, 0.05) is 42.0 Å². The minimum absolute atomic E-state index is 0.0749. The Morgan fingerprint density at radius 3 is 2.75 bits per heavy atom. The van der Waals surface area contributed by atoms with Crippen LogP contribution in [-0.4, -0.2) is 31.8 Å². The molecule has 0 aromatic heterocycles. The number of benzene rings is 1. The summed E-state index contributed by atoms with van der Waals surface area (Å²) in [5.41, 5.74) is 2.44. The zero-order valence-corrected chi connectivity index (χ0v) is 13.6. The first-order valence-electron chi connectivity index (χ1n) is 7.21. The predicted octanol–water partition coefficient (Wildman–Crippen LogP) is 3.45. The van der Waals surface area contributed by atoms with Gasteiger partial charge in [-0.05, 0) is 39.3 Å². The number of nitrogens with one attached hydrogen (secondary N) is 1. The molecule has 0 spiro atoms. The van der Waals surface area contributed by atoms with E-state index < -0.39 is 0 Å². The number of hydrogen-bond acceptors (Lipinski definition) is 3. The molecule has 1 heterocycles. The Morgan fingerprint density at radius 2 is 2.15 bits per heavy atom. The highest BCUT2D eigenvalue weighted by molar-refractivity contribution is 6.31. The Balaban J connectivity index is 2.21. The topological polar surface area (TPSA) is 24.5 Å². The summed E-state index contributed by atoms with van der Waals surface area (Å²) < 4.78 is 5.49. The molecule has 112 valence electrons. The summed E-state index contributed by atoms with van der Waals surface area (Å²) in [5, 5.41) is 4.35. The van der Waals surface area contributed by atoms with Gasteiger partial charge >= 0.3 is 0 Å². The first kappa shape index (κ1) is 15.6. The Hall–Kier alpha value is -0.770. The minimum atomic E-state index is 0.0749. The normalized spacial score (nSPS) is 19.4. The van der Waals surface area contributed by atoms with Crippen molar-refractivity contribution in [1.29, 1.82) is 0 Å². The molecule has 0 aliphatic carbocycles. The molecule has 4 heteroatoms. The lowest BCUT2D eigenvalue weighted by atomic mass is 10.1. The van der Waals surface area contributed by atoms with E-state index in [4.69, 9.17) is 16.3 Å². The Kier molecular flexibility index (Phi) is 4.95. The summed E-state index contributed by atoms with van der Waals surface area (Å²) in [6.45, 7) is 8.92. The van der Waals surface area contributed by atoms with E-state index in [1.165, 1.54) is 11.3 Å². The molecule has 1 fully saturated rings. The summed E-state index contributed by atoms with van der Waals surface area (Å²) in [6.07, 6.45) is 1.08. The van der Waals surface area contributed by atoms with Crippen molar-refractivity contribution in [1.82, 2.24) is 5.32 Å². The second-order valence-electron chi connectivity index (χ2n) is 6.47. The predicted molar refractivity (Wildman–Crippen MR) is 85.7 cm³/mol. The zero-order valence-electron chi connectivity index (χ0n) is 12.9. The second kappa shape index (κ2) is 6.33. The van der Waals surface area contributed by atoms with Crippen LogP contribution < -0.4 is 10.2 Å². The quantitative estimate of drug-likeness (QED) is 0.921. The number of nitrogens with zero attached hydrogens (tertiary/aromatic N) is 1. The van der Waals surface area contributed by atoms with Gasteiger partial charge < -0.3 is 15.0 Å². The van der Waals surface area contributed by atoms with Crippen LogP contribution in [0.3, 0.4) is 0 Å². The van der Waals surface area contributed by atoms with Crippen molar-refractivity contribution in [2.24, 2.45) is 0 Å². The summed E-state index contributed by atoms with van der Waals surface area (Å²) in [4.78, 5) is 2.30. The lowest BCUT2D eigenvalue weighted by molar-refractivity contribution is 0.193. The Bertz CT molecular complexity index is 450. The molecule has 3 nitrogen and oxygen atoms in total. The second-order valence-corrected chi connectivity index (χ2v) is 6.88. The molecule has 0 saturated carbocycles. The molecule has 1 unspecified atom stereocenters. The number of likely N-dealkylation sites (N-methyl/N-ethyl adjacent to an activating group) is 1. The lowest BCUT2D eigenvalue weighted by Gasteiger charge is -2.29. The largest absolute Gasteiger partial charge is 0.379 e. The van der Waals surface area contributed by atoms with Gasteiger partial charge in [-0.2, -0.15) is 0 Å². The molecule has 0 radical (unpaired) electrons. The molecule has 1 aromatic carbocycles. The van der Waals surface area contributed by atoms with E-state index in [0.717, 1.165) is 31.2 Å². The fourth-order valence-electron chi connectivity index (χ4n) is 2.43. The molecule has 0 amide bonds. The van der Waals surface area contributed by atoms with Crippen molar-refractivity contribution in [3.05, 3.63) is 28.8 Å². The van der Waals surface area contributed by atoms with Crippen LogP contribution in [0.4, 0.5) is 5.69 Å². The van der Waals surface area contributed by atoms with Gasteiger partial charge in [0.1, 0.15) is 0 Å². The standard InChI is InChI=1S/C16H25ClN2O/c1-16(2,3)18-10-13-14(17)6-5-7-15(13)19(4)12-8-9-20-11-12/h5-7,12,18H,8-11H2,1-4H3. The molecule has 0 bridgehead atoms. The SMILES string of the molecule is CN(c1cccc(Cl)c1CNC(C)(C)C)C1CCOC1. The van der Waals surface area contributed by atoms with E-state index in [9.17, 15) is 0 Å². The summed E-state index contributed by atoms with van der Waals surface area (Å²) in [6, 6.07) is 6.57. The minimum Gasteiger partial charge on any atom is -0.379 e. The molecule has 1 saturated heterocycles. The highest BCUT2D eigenvalue weighted by Crippen LogP contribution is 2.30. The number of hydrogen-bond donors (Lipinski definition) is 1. The van der Waals surface area contributed by atoms with Crippen LogP contribution in [0.1, 0.15) is 32.8 Å². The van der Waals surface area contributed by atoms with E-state index in [1.54, 1.807) is 0 Å². The summed E-state index contributed by atoms with van der Waals surface area (Å²) in [7, 11) is 2.13. The van der Waals surface area contributed by atoms with Crippen molar-refractivity contribution in [2.75, 3.05) is 25.2 Å². The molecule has 1 aromatic rings. The highest BCUT2D eigenvalue weighted by atomic mass is 35.5. The van der Waals surface area contributed by atoms with Crippen molar-refractivity contribution >= 4 is 17.3 Å². The first-order chi connectivity index (χ1) is 9.38. The van der Waals surface area contributed by atoms with Gasteiger partial charge in [-0.3, -0.25) is 0 Å². The number of halogens is 1. The van der Waals surface area contributed by atoms with Crippen molar-refractivity contribution in [3.8, 4) is 0 Å². The molecule has 1 aliphatic heterocycles. The fourth-order valence-corrected chi connectivity index (χ4v) is 2.67. The Labute approximate surface area is 127 Å². The summed E-state index contributed by atoms with van der Waals surface area (Å²) >= 11 is 6.41. The van der Waals surface area contributed by atoms with Crippen LogP contribution in [-0.2, 0) is 11.3 Å². The van der Waals surface area contributed by atoms with E-state index in [-0.39, 0.29) is 5.54 Å². The monoisotopic (exact) mass is 296 g/mol. The van der Waals surface area contributed by atoms with E-state index in [1.807, 2.05) is 12.1 Å². The van der Waals surface area contributed by atoms with Crippen molar-refractivity contribution in [2.45, 2.75) is 45.3 Å². The van der Waals surface area contributed by atoms with Crippen LogP contribution >= 0.6 is 11.6 Å². The average molecular weight is 297 g/mol. The number of anilines is 1. The molecular weight excluding hydrogens is 272 g/mol.